The van der Waals surface area contributed by atoms with E-state index in [2.05, 4.69) is 60.3 Å². The molecular weight excluding hydrogens is 376 g/mol. The summed E-state index contributed by atoms with van der Waals surface area (Å²) in [7, 11) is 6.04. The van der Waals surface area contributed by atoms with Gasteiger partial charge in [-0.05, 0) is 63.0 Å². The van der Waals surface area contributed by atoms with Crippen molar-refractivity contribution >= 4 is 5.69 Å². The van der Waals surface area contributed by atoms with Gasteiger partial charge in [0.1, 0.15) is 6.10 Å². The molecule has 1 spiro atoms. The van der Waals surface area contributed by atoms with E-state index in [1.807, 2.05) is 6.07 Å². The zero-order valence-corrected chi connectivity index (χ0v) is 18.0. The molecule has 1 saturated carbocycles. The summed E-state index contributed by atoms with van der Waals surface area (Å²) in [4.78, 5) is 4.73. The third kappa shape index (κ3) is 2.05. The first kappa shape index (κ1) is 18.5. The van der Waals surface area contributed by atoms with E-state index in [9.17, 15) is 5.11 Å². The molecule has 2 heterocycles. The van der Waals surface area contributed by atoms with Crippen molar-refractivity contribution in [2.75, 3.05) is 32.6 Å². The van der Waals surface area contributed by atoms with Crippen molar-refractivity contribution in [2.45, 2.75) is 54.9 Å². The van der Waals surface area contributed by atoms with E-state index in [-0.39, 0.29) is 23.6 Å². The maximum absolute atomic E-state index is 12.3. The van der Waals surface area contributed by atoms with Gasteiger partial charge in [-0.2, -0.15) is 0 Å². The van der Waals surface area contributed by atoms with Gasteiger partial charge in [-0.1, -0.05) is 24.3 Å². The molecule has 1 saturated heterocycles. The van der Waals surface area contributed by atoms with Crippen molar-refractivity contribution in [1.82, 2.24) is 4.90 Å². The molecule has 2 fully saturated rings. The maximum atomic E-state index is 12.3. The molecule has 0 radical (unpaired) electrons. The van der Waals surface area contributed by atoms with Crippen LogP contribution in [-0.2, 0) is 11.8 Å². The summed E-state index contributed by atoms with van der Waals surface area (Å²) >= 11 is 0. The van der Waals surface area contributed by atoms with E-state index in [0.29, 0.717) is 0 Å². The molecule has 2 aliphatic heterocycles. The largest absolute Gasteiger partial charge is 0.493 e. The number of methoxy groups -OCH3 is 1. The van der Waals surface area contributed by atoms with E-state index in [4.69, 9.17) is 9.47 Å². The average Bonchev–Trinajstić information content (AvgIpc) is 3.12. The Morgan fingerprint density at radius 2 is 1.97 bits per heavy atom. The van der Waals surface area contributed by atoms with Gasteiger partial charge in [0.2, 0.25) is 0 Å². The van der Waals surface area contributed by atoms with Crippen LogP contribution in [-0.4, -0.2) is 61.5 Å². The monoisotopic (exact) mass is 406 g/mol. The molecule has 2 aliphatic carbocycles. The number of rotatable bonds is 3. The van der Waals surface area contributed by atoms with Gasteiger partial charge in [0.25, 0.3) is 0 Å². The quantitative estimate of drug-likeness (QED) is 0.849. The Bertz CT molecular complexity index is 995. The van der Waals surface area contributed by atoms with Crippen LogP contribution in [0.4, 0.5) is 5.69 Å². The molecule has 2 aromatic carbocycles. The molecular formula is C25H30N2O3. The number of likely N-dealkylation sites (tertiary alicyclic amines) is 1. The molecule has 158 valence electrons. The number of hydrogen-bond donors (Lipinski definition) is 1. The fourth-order valence-corrected chi connectivity index (χ4v) is 7.13. The number of hydrogen-bond acceptors (Lipinski definition) is 5. The Morgan fingerprint density at radius 3 is 2.73 bits per heavy atom. The van der Waals surface area contributed by atoms with Crippen LogP contribution in [0.2, 0.25) is 0 Å². The highest BCUT2D eigenvalue weighted by atomic mass is 16.5. The van der Waals surface area contributed by atoms with Crippen molar-refractivity contribution in [1.29, 1.82) is 0 Å². The normalized spacial score (nSPS) is 36.1. The maximum Gasteiger partial charge on any atom is 0.166 e. The standard InChI is InChI=1S/C25H30N2O3/c1-26-14-13-24-21-16-9-10-19(29-3)22(21)30-23(24)18(11-12-25(24,28)20(26)15-16)27(2)17-7-5-4-6-8-17/h4-10,18,20,23,28H,11-15H2,1-3H3/t18?,20-,23+,24+,25-/m1/s1. The summed E-state index contributed by atoms with van der Waals surface area (Å²) < 4.78 is 12.5. The summed E-state index contributed by atoms with van der Waals surface area (Å²) in [6.45, 7) is 0.977. The highest BCUT2D eigenvalue weighted by molar-refractivity contribution is 5.64. The van der Waals surface area contributed by atoms with Crippen LogP contribution in [0, 0.1) is 0 Å². The van der Waals surface area contributed by atoms with Crippen LogP contribution in [0.3, 0.4) is 0 Å². The third-order valence-corrected chi connectivity index (χ3v) is 8.56. The fraction of sp³-hybridized carbons (Fsp3) is 0.520. The highest BCUT2D eigenvalue weighted by Crippen LogP contribution is 2.65. The molecule has 6 rings (SSSR count). The molecule has 0 aromatic heterocycles. The van der Waals surface area contributed by atoms with Gasteiger partial charge in [-0.15, -0.1) is 0 Å². The van der Waals surface area contributed by atoms with Gasteiger partial charge in [0, 0.05) is 24.3 Å². The van der Waals surface area contributed by atoms with Gasteiger partial charge in [0.15, 0.2) is 11.5 Å². The van der Waals surface area contributed by atoms with Crippen LogP contribution < -0.4 is 14.4 Å². The smallest absolute Gasteiger partial charge is 0.166 e. The minimum atomic E-state index is -0.774. The summed E-state index contributed by atoms with van der Waals surface area (Å²) in [6, 6.07) is 15.1. The first-order valence-electron chi connectivity index (χ1n) is 11.1. The first-order valence-corrected chi connectivity index (χ1v) is 11.1. The number of benzene rings is 2. The third-order valence-electron chi connectivity index (χ3n) is 8.56. The summed E-state index contributed by atoms with van der Waals surface area (Å²) in [5.74, 6) is 1.66. The van der Waals surface area contributed by atoms with E-state index in [1.54, 1.807) is 7.11 Å². The number of aliphatic hydroxyl groups is 1. The lowest BCUT2D eigenvalue weighted by molar-refractivity contribution is -0.184. The predicted octanol–water partition coefficient (Wildman–Crippen LogP) is 2.98. The topological polar surface area (TPSA) is 45.2 Å². The van der Waals surface area contributed by atoms with Gasteiger partial charge >= 0.3 is 0 Å². The summed E-state index contributed by atoms with van der Waals surface area (Å²) in [5.41, 5.74) is 2.58. The van der Waals surface area contributed by atoms with E-state index in [1.165, 1.54) is 16.8 Å². The Labute approximate surface area is 178 Å². The van der Waals surface area contributed by atoms with Crippen LogP contribution >= 0.6 is 0 Å². The molecule has 2 aromatic rings. The van der Waals surface area contributed by atoms with Gasteiger partial charge in [-0.3, -0.25) is 0 Å². The molecule has 0 amide bonds. The zero-order valence-electron chi connectivity index (χ0n) is 18.0. The number of anilines is 1. The second-order valence-electron chi connectivity index (χ2n) is 9.57. The molecule has 5 nitrogen and oxygen atoms in total. The van der Waals surface area contributed by atoms with E-state index in [0.717, 1.165) is 43.7 Å². The lowest BCUT2D eigenvalue weighted by atomic mass is 9.48. The minimum absolute atomic E-state index is 0.0944. The van der Waals surface area contributed by atoms with Crippen molar-refractivity contribution in [3.63, 3.8) is 0 Å². The Kier molecular flexibility index (Phi) is 3.79. The summed E-state index contributed by atoms with van der Waals surface area (Å²) in [5, 5.41) is 12.3. The molecule has 5 atom stereocenters. The fourth-order valence-electron chi connectivity index (χ4n) is 7.13. The number of piperidine rings is 1. The van der Waals surface area contributed by atoms with Crippen molar-refractivity contribution in [3.8, 4) is 11.5 Å². The van der Waals surface area contributed by atoms with Gasteiger partial charge < -0.3 is 24.4 Å². The average molecular weight is 407 g/mol. The van der Waals surface area contributed by atoms with Crippen LogP contribution in [0.25, 0.3) is 0 Å². The Morgan fingerprint density at radius 1 is 1.17 bits per heavy atom. The van der Waals surface area contributed by atoms with Crippen molar-refractivity contribution in [3.05, 3.63) is 53.6 Å². The number of likely N-dealkylation sites (N-methyl/N-ethyl adjacent to an activating group) is 2. The van der Waals surface area contributed by atoms with Gasteiger partial charge in [-0.25, -0.2) is 0 Å². The van der Waals surface area contributed by atoms with Crippen LogP contribution in [0.1, 0.15) is 30.4 Å². The molecule has 1 unspecified atom stereocenters. The molecule has 2 bridgehead atoms. The van der Waals surface area contributed by atoms with E-state index >= 15 is 0 Å². The van der Waals surface area contributed by atoms with Gasteiger partial charge in [0.05, 0.1) is 24.2 Å². The zero-order chi connectivity index (χ0) is 20.7. The number of ether oxygens (including phenoxy) is 2. The molecule has 4 aliphatic rings. The first-order chi connectivity index (χ1) is 14.5. The van der Waals surface area contributed by atoms with Crippen molar-refractivity contribution in [2.24, 2.45) is 0 Å². The Hall–Kier alpha value is -2.24. The highest BCUT2D eigenvalue weighted by Gasteiger charge is 2.73. The SMILES string of the molecule is COc1ccc2c3c1O[C@H]1C(N(C)c4ccccc4)CC[C@@]4(O)[C@@H](C2)N(C)CC[C@]314. The molecule has 1 N–H and O–H groups in total. The number of nitrogens with zero attached hydrogens (tertiary/aromatic N) is 2. The lowest BCUT2D eigenvalue weighted by Gasteiger charge is -2.64. The summed E-state index contributed by atoms with van der Waals surface area (Å²) in [6.07, 6.45) is 3.39. The molecule has 30 heavy (non-hydrogen) atoms. The molecule has 5 heteroatoms. The second kappa shape index (κ2) is 6.14. The van der Waals surface area contributed by atoms with Crippen LogP contribution in [0.15, 0.2) is 42.5 Å². The van der Waals surface area contributed by atoms with E-state index < -0.39 is 5.60 Å². The number of para-hydroxylation sites is 1. The predicted molar refractivity (Wildman–Crippen MR) is 117 cm³/mol. The second-order valence-corrected chi connectivity index (χ2v) is 9.57. The Balaban J connectivity index is 1.55. The lowest BCUT2D eigenvalue weighted by Crippen LogP contribution is -2.77. The minimum Gasteiger partial charge on any atom is -0.493 e. The van der Waals surface area contributed by atoms with Crippen molar-refractivity contribution < 1.29 is 14.6 Å². The van der Waals surface area contributed by atoms with Crippen LogP contribution in [0.5, 0.6) is 11.5 Å².